The summed E-state index contributed by atoms with van der Waals surface area (Å²) in [5.41, 5.74) is 17.5. The van der Waals surface area contributed by atoms with Crippen molar-refractivity contribution >= 4 is 31.5 Å². The normalized spacial score (nSPS) is 14.5. The van der Waals surface area contributed by atoms with Gasteiger partial charge in [-0.25, -0.2) is 0 Å². The summed E-state index contributed by atoms with van der Waals surface area (Å²) in [6.07, 6.45) is 0. The van der Waals surface area contributed by atoms with Gasteiger partial charge in [0.2, 0.25) is 0 Å². The van der Waals surface area contributed by atoms with Crippen molar-refractivity contribution in [3.63, 3.8) is 0 Å². The lowest BCUT2D eigenvalue weighted by Crippen LogP contribution is -2.35. The average molecular weight is 693 g/mol. The topological polar surface area (TPSA) is 0 Å². The fraction of sp³-hybridized carbons (Fsp3) is 0.0769. The van der Waals surface area contributed by atoms with Gasteiger partial charge in [-0.1, -0.05) is 187 Å². The molecule has 0 aliphatic heterocycles. The van der Waals surface area contributed by atoms with Gasteiger partial charge < -0.3 is 0 Å². The van der Waals surface area contributed by atoms with Crippen LogP contribution in [-0.2, 0) is 10.8 Å². The summed E-state index contributed by atoms with van der Waals surface area (Å²) < 4.78 is 2.71. The molecule has 53 heavy (non-hydrogen) atoms. The van der Waals surface area contributed by atoms with Crippen LogP contribution in [0.2, 0.25) is 0 Å². The standard InChI is InChI=1S/C52H36S/c1-33-27-29-39-42(31-33)51(35-17-7-3-8-18-35,36-19-9-4-10-20-36)48-45(39)46-41-25-15-16-26-44(41)53-50(46)47-40-30-28-34(2)32-43(40)52(49(47)48,37-21-11-5-12-22-37)38-23-13-6-14-24-38/h3-32H,1-2H3. The maximum absolute atomic E-state index is 2.49. The summed E-state index contributed by atoms with van der Waals surface area (Å²) in [6, 6.07) is 69.0. The molecule has 2 aliphatic carbocycles. The molecule has 0 bridgehead atoms. The zero-order valence-electron chi connectivity index (χ0n) is 29.7. The fourth-order valence-electron chi connectivity index (χ4n) is 10.2. The molecule has 1 aromatic heterocycles. The predicted molar refractivity (Wildman–Crippen MR) is 223 cm³/mol. The number of fused-ring (bicyclic) bond motifs is 12. The predicted octanol–water partition coefficient (Wildman–Crippen LogP) is 13.4. The first-order chi connectivity index (χ1) is 26.1. The first-order valence-corrected chi connectivity index (χ1v) is 19.4. The highest BCUT2D eigenvalue weighted by molar-refractivity contribution is 7.26. The smallest absolute Gasteiger partial charge is 0.0717 e. The van der Waals surface area contributed by atoms with E-state index in [9.17, 15) is 0 Å². The van der Waals surface area contributed by atoms with Crippen molar-refractivity contribution in [2.24, 2.45) is 0 Å². The third-order valence-corrected chi connectivity index (χ3v) is 13.3. The summed E-state index contributed by atoms with van der Waals surface area (Å²) in [6.45, 7) is 4.50. The molecule has 0 N–H and O–H groups in total. The lowest BCUT2D eigenvalue weighted by atomic mass is 9.60. The van der Waals surface area contributed by atoms with Crippen LogP contribution < -0.4 is 0 Å². The van der Waals surface area contributed by atoms with Gasteiger partial charge in [0, 0.05) is 25.7 Å². The van der Waals surface area contributed by atoms with Crippen LogP contribution in [0.4, 0.5) is 0 Å². The maximum Gasteiger partial charge on any atom is 0.0717 e. The Kier molecular flexibility index (Phi) is 6.49. The molecule has 11 rings (SSSR count). The minimum absolute atomic E-state index is 0.584. The van der Waals surface area contributed by atoms with Crippen LogP contribution in [0, 0.1) is 13.8 Å². The van der Waals surface area contributed by atoms with Crippen LogP contribution in [0.15, 0.2) is 182 Å². The van der Waals surface area contributed by atoms with Crippen molar-refractivity contribution in [1.29, 1.82) is 0 Å². The van der Waals surface area contributed by atoms with Crippen LogP contribution in [0.1, 0.15) is 55.6 Å². The number of rotatable bonds is 4. The summed E-state index contributed by atoms with van der Waals surface area (Å²) in [4.78, 5) is 0. The molecule has 2 aliphatic rings. The third-order valence-electron chi connectivity index (χ3n) is 12.1. The third kappa shape index (κ3) is 3.90. The molecular weight excluding hydrogens is 657 g/mol. The Balaban J connectivity index is 1.50. The molecule has 0 radical (unpaired) electrons. The number of benzene rings is 8. The second-order valence-electron chi connectivity index (χ2n) is 14.9. The Morgan fingerprint density at radius 2 is 0.792 bits per heavy atom. The molecule has 0 spiro atoms. The van der Waals surface area contributed by atoms with E-state index < -0.39 is 10.8 Å². The number of aryl methyl sites for hydroxylation is 2. The molecule has 0 saturated carbocycles. The Morgan fingerprint density at radius 1 is 0.396 bits per heavy atom. The van der Waals surface area contributed by atoms with Gasteiger partial charge in [-0.15, -0.1) is 11.3 Å². The van der Waals surface area contributed by atoms with Crippen molar-refractivity contribution in [1.82, 2.24) is 0 Å². The molecule has 1 heteroatoms. The van der Waals surface area contributed by atoms with E-state index in [2.05, 4.69) is 196 Å². The van der Waals surface area contributed by atoms with Crippen molar-refractivity contribution in [2.45, 2.75) is 24.7 Å². The summed E-state index contributed by atoms with van der Waals surface area (Å²) in [7, 11) is 0. The Labute approximate surface area is 314 Å². The molecule has 0 nitrogen and oxygen atoms in total. The highest BCUT2D eigenvalue weighted by atomic mass is 32.1. The zero-order valence-corrected chi connectivity index (χ0v) is 30.5. The van der Waals surface area contributed by atoms with Gasteiger partial charge in [0.1, 0.15) is 0 Å². The Hall–Kier alpha value is -6.02. The molecule has 0 atom stereocenters. The van der Waals surface area contributed by atoms with Crippen LogP contribution in [-0.4, -0.2) is 0 Å². The van der Waals surface area contributed by atoms with Gasteiger partial charge in [0.25, 0.3) is 0 Å². The fourth-order valence-corrected chi connectivity index (χ4v) is 11.4. The molecule has 0 amide bonds. The van der Waals surface area contributed by atoms with E-state index in [4.69, 9.17) is 0 Å². The quantitative estimate of drug-likeness (QED) is 0.172. The highest BCUT2D eigenvalue weighted by Crippen LogP contribution is 2.69. The molecule has 9 aromatic rings. The maximum atomic E-state index is 2.49. The zero-order chi connectivity index (χ0) is 35.3. The van der Waals surface area contributed by atoms with Gasteiger partial charge in [0.05, 0.1) is 10.8 Å². The van der Waals surface area contributed by atoms with Gasteiger partial charge in [0.15, 0.2) is 0 Å². The van der Waals surface area contributed by atoms with E-state index in [1.165, 1.54) is 98.1 Å². The molecule has 250 valence electrons. The summed E-state index contributed by atoms with van der Waals surface area (Å²) >= 11 is 1.96. The monoisotopic (exact) mass is 692 g/mol. The first kappa shape index (κ1) is 30.6. The number of thiophene rings is 1. The van der Waals surface area contributed by atoms with Gasteiger partial charge in [-0.05, 0) is 81.1 Å². The van der Waals surface area contributed by atoms with E-state index in [-0.39, 0.29) is 0 Å². The molecule has 0 saturated heterocycles. The lowest BCUT2D eigenvalue weighted by Gasteiger charge is -2.41. The summed E-state index contributed by atoms with van der Waals surface area (Å²) in [5.74, 6) is 0. The van der Waals surface area contributed by atoms with Crippen LogP contribution >= 0.6 is 11.3 Å². The SMILES string of the molecule is Cc1ccc2c(c1)C(c1ccccc1)(c1ccccc1)c1c3c(c4c(sc5ccccc54)c1-2)-c1ccc(C)cc1C3(c1ccccc1)c1ccccc1. The minimum atomic E-state index is -0.591. The second-order valence-corrected chi connectivity index (χ2v) is 15.9. The van der Waals surface area contributed by atoms with Gasteiger partial charge in [-0.3, -0.25) is 0 Å². The van der Waals surface area contributed by atoms with Crippen LogP contribution in [0.5, 0.6) is 0 Å². The Morgan fingerprint density at radius 3 is 1.26 bits per heavy atom. The summed E-state index contributed by atoms with van der Waals surface area (Å²) in [5, 5.41) is 2.71. The van der Waals surface area contributed by atoms with Crippen molar-refractivity contribution < 1.29 is 0 Å². The van der Waals surface area contributed by atoms with Gasteiger partial charge in [-0.2, -0.15) is 0 Å². The molecule has 1 heterocycles. The minimum Gasteiger partial charge on any atom is -0.134 e. The van der Waals surface area contributed by atoms with E-state index in [0.29, 0.717) is 0 Å². The molecule has 0 fully saturated rings. The average Bonchev–Trinajstić information content (AvgIpc) is 3.84. The molecule has 0 unspecified atom stereocenters. The van der Waals surface area contributed by atoms with Crippen molar-refractivity contribution in [3.8, 4) is 22.3 Å². The van der Waals surface area contributed by atoms with Crippen molar-refractivity contribution in [2.75, 3.05) is 0 Å². The second kappa shape index (κ2) is 11.2. The lowest BCUT2D eigenvalue weighted by molar-refractivity contribution is 0.705. The molecular formula is C52H36S. The van der Waals surface area contributed by atoms with E-state index in [1.807, 2.05) is 11.3 Å². The molecule has 8 aromatic carbocycles. The van der Waals surface area contributed by atoms with Crippen LogP contribution in [0.25, 0.3) is 42.4 Å². The highest BCUT2D eigenvalue weighted by Gasteiger charge is 2.56. The van der Waals surface area contributed by atoms with Crippen LogP contribution in [0.3, 0.4) is 0 Å². The van der Waals surface area contributed by atoms with E-state index in [0.717, 1.165) is 0 Å². The Bertz CT molecular complexity index is 2800. The van der Waals surface area contributed by atoms with E-state index >= 15 is 0 Å². The van der Waals surface area contributed by atoms with Gasteiger partial charge >= 0.3 is 0 Å². The van der Waals surface area contributed by atoms with E-state index in [1.54, 1.807) is 0 Å². The number of hydrogen-bond acceptors (Lipinski definition) is 1. The number of hydrogen-bond donors (Lipinski definition) is 0. The first-order valence-electron chi connectivity index (χ1n) is 18.6. The van der Waals surface area contributed by atoms with Crippen molar-refractivity contribution in [3.05, 3.63) is 238 Å². The largest absolute Gasteiger partial charge is 0.134 e.